The first-order valence-corrected chi connectivity index (χ1v) is 13.3. The third-order valence-electron chi connectivity index (χ3n) is 4.49. The van der Waals surface area contributed by atoms with Crippen molar-refractivity contribution in [1.29, 1.82) is 5.41 Å². The summed E-state index contributed by atoms with van der Waals surface area (Å²) in [7, 11) is -5.96. The zero-order valence-electron chi connectivity index (χ0n) is 17.3. The van der Waals surface area contributed by atoms with Gasteiger partial charge in [-0.3, -0.25) is 0 Å². The molecule has 0 spiro atoms. The average Bonchev–Trinajstić information content (AvgIpc) is 2.73. The number of halogens is 2. The first-order valence-electron chi connectivity index (χ1n) is 9.18. The number of rotatable bonds is 5. The molecule has 0 bridgehead atoms. The zero-order chi connectivity index (χ0) is 24.6. The van der Waals surface area contributed by atoms with E-state index in [2.05, 4.69) is 12.6 Å². The number of hydrogen-bond acceptors (Lipinski definition) is 7. The van der Waals surface area contributed by atoms with Gasteiger partial charge < -0.3 is 4.90 Å². The Bertz CT molecular complexity index is 1410. The predicted octanol–water partition coefficient (Wildman–Crippen LogP) is 3.50. The first kappa shape index (κ1) is 25.3. The van der Waals surface area contributed by atoms with Gasteiger partial charge in [0.1, 0.15) is 9.79 Å². The molecule has 0 saturated heterocycles. The van der Waals surface area contributed by atoms with Crippen LogP contribution in [0.5, 0.6) is 0 Å². The van der Waals surface area contributed by atoms with Crippen molar-refractivity contribution in [2.24, 2.45) is 0 Å². The molecule has 0 fully saturated rings. The number of thiol groups is 1. The van der Waals surface area contributed by atoms with E-state index < -0.39 is 30.9 Å². The molecule has 174 valence electrons. The van der Waals surface area contributed by atoms with E-state index in [1.165, 1.54) is 36.7 Å². The Morgan fingerprint density at radius 3 is 1.94 bits per heavy atom. The largest absolute Gasteiger partial charge is 0.421 e. The molecule has 1 N–H and O–H groups in total. The second-order valence-electron chi connectivity index (χ2n) is 6.95. The lowest BCUT2D eigenvalue weighted by Gasteiger charge is -2.19. The molecule has 13 heteroatoms. The summed E-state index contributed by atoms with van der Waals surface area (Å²) in [5.41, 5.74) is 0.768. The number of hydrogen-bond donors (Lipinski definition) is 2. The monoisotopic (exact) mass is 545 g/mol. The summed E-state index contributed by atoms with van der Waals surface area (Å²) in [5, 5.41) is 9.05. The molecule has 0 radical (unpaired) electrons. The Balaban J connectivity index is 2.24. The summed E-state index contributed by atoms with van der Waals surface area (Å²) in [4.78, 5) is 0.941. The van der Waals surface area contributed by atoms with Crippen LogP contribution in [0.3, 0.4) is 0 Å². The van der Waals surface area contributed by atoms with Gasteiger partial charge in [-0.15, -0.1) is 18.0 Å². The number of sulfonamides is 2. The predicted molar refractivity (Wildman–Crippen MR) is 130 cm³/mol. The third kappa shape index (κ3) is 5.12. The summed E-state index contributed by atoms with van der Waals surface area (Å²) in [6.07, 6.45) is 2.78. The van der Waals surface area contributed by atoms with E-state index in [0.717, 1.165) is 28.5 Å². The smallest absolute Gasteiger partial charge is 0.377 e. The molecule has 0 aliphatic rings. The van der Waals surface area contributed by atoms with E-state index in [9.17, 15) is 16.8 Å². The third-order valence-corrected chi connectivity index (χ3v) is 9.68. The van der Waals surface area contributed by atoms with Crippen molar-refractivity contribution >= 4 is 67.5 Å². The van der Waals surface area contributed by atoms with Gasteiger partial charge in [0.25, 0.3) is 0 Å². The van der Waals surface area contributed by atoms with E-state index in [1.54, 1.807) is 17.0 Å². The van der Waals surface area contributed by atoms with Crippen LogP contribution >= 0.6 is 35.8 Å². The molecule has 33 heavy (non-hydrogen) atoms. The highest BCUT2D eigenvalue weighted by Gasteiger charge is 2.47. The van der Waals surface area contributed by atoms with Crippen LogP contribution in [0.2, 0.25) is 10.0 Å². The Kier molecular flexibility index (Phi) is 7.30. The quantitative estimate of drug-likeness (QED) is 0.221. The molecule has 0 saturated carbocycles. The fraction of sp³-hybridized carbons (Fsp3) is 0.100. The topological polar surface area (TPSA) is 102 Å². The number of anilines is 1. The summed E-state index contributed by atoms with van der Waals surface area (Å²) in [5.74, 6) is -0.835. The van der Waals surface area contributed by atoms with E-state index >= 15 is 0 Å². The van der Waals surface area contributed by atoms with E-state index in [4.69, 9.17) is 28.6 Å². The van der Waals surface area contributed by atoms with Crippen LogP contribution in [0.25, 0.3) is 0 Å². The standard InChI is InChI=1S/C20H18Cl2N4O4S3/c1-24(2)16-9-11-25(12-10-16)20(23)26(32(27,28)17-6-3-14(21)4-7-17)33(29,30)19-8-5-15(22)13-18(19)31/h3-13,23H,1-2H3/p+1. The molecule has 3 aromatic rings. The van der Waals surface area contributed by atoms with Crippen molar-refractivity contribution in [3.63, 3.8) is 0 Å². The van der Waals surface area contributed by atoms with E-state index in [-0.39, 0.29) is 23.5 Å². The van der Waals surface area contributed by atoms with Gasteiger partial charge in [0.15, 0.2) is 0 Å². The van der Waals surface area contributed by atoms with Crippen LogP contribution < -0.4 is 9.47 Å². The Morgan fingerprint density at radius 2 is 1.42 bits per heavy atom. The van der Waals surface area contributed by atoms with Gasteiger partial charge >= 0.3 is 26.0 Å². The lowest BCUT2D eigenvalue weighted by molar-refractivity contribution is -0.562. The summed E-state index contributed by atoms with van der Waals surface area (Å²) < 4.78 is 55.4. The molecule has 0 amide bonds. The molecule has 0 atom stereocenters. The molecule has 1 aromatic heterocycles. The van der Waals surface area contributed by atoms with Gasteiger partial charge in [0.2, 0.25) is 0 Å². The van der Waals surface area contributed by atoms with Gasteiger partial charge in [-0.2, -0.15) is 16.8 Å². The number of aromatic nitrogens is 1. The van der Waals surface area contributed by atoms with Crippen LogP contribution in [-0.2, 0) is 20.0 Å². The zero-order valence-corrected chi connectivity index (χ0v) is 21.4. The Labute approximate surface area is 208 Å². The van der Waals surface area contributed by atoms with Gasteiger partial charge in [0, 0.05) is 34.7 Å². The number of pyridine rings is 1. The molecule has 8 nitrogen and oxygen atoms in total. The van der Waals surface area contributed by atoms with Crippen molar-refractivity contribution in [3.8, 4) is 0 Å². The maximum Gasteiger partial charge on any atom is 0.421 e. The lowest BCUT2D eigenvalue weighted by atomic mass is 10.4. The maximum atomic E-state index is 13.6. The van der Waals surface area contributed by atoms with Crippen molar-refractivity contribution in [3.05, 3.63) is 77.0 Å². The van der Waals surface area contributed by atoms with Gasteiger partial charge in [-0.1, -0.05) is 23.2 Å². The van der Waals surface area contributed by atoms with Gasteiger partial charge in [0.05, 0.1) is 12.4 Å². The van der Waals surface area contributed by atoms with Crippen LogP contribution in [0.15, 0.2) is 81.7 Å². The molecular formula is C20H19Cl2N4O4S3+. The van der Waals surface area contributed by atoms with Crippen molar-refractivity contribution in [2.75, 3.05) is 19.0 Å². The van der Waals surface area contributed by atoms with Gasteiger partial charge in [-0.05, 0) is 58.3 Å². The first-order chi connectivity index (χ1) is 15.4. The molecular weight excluding hydrogens is 527 g/mol. The Morgan fingerprint density at radius 1 is 0.879 bits per heavy atom. The van der Waals surface area contributed by atoms with Crippen molar-refractivity contribution in [1.82, 2.24) is 3.71 Å². The molecule has 0 aliphatic heterocycles. The number of nitrogens with zero attached hydrogens (tertiary/aromatic N) is 3. The highest BCUT2D eigenvalue weighted by molar-refractivity contribution is 8.05. The van der Waals surface area contributed by atoms with E-state index in [0.29, 0.717) is 0 Å². The Hall–Kier alpha value is -2.31. The minimum absolute atomic E-state index is 0.0571. The van der Waals surface area contributed by atoms with Crippen LogP contribution in [0, 0.1) is 5.41 Å². The fourth-order valence-corrected chi connectivity index (χ4v) is 7.33. The fourth-order valence-electron chi connectivity index (χ4n) is 2.81. The average molecular weight is 547 g/mol. The second kappa shape index (κ2) is 9.51. The minimum Gasteiger partial charge on any atom is -0.377 e. The maximum absolute atomic E-state index is 13.6. The molecule has 2 aromatic carbocycles. The number of benzene rings is 2. The molecule has 0 unspecified atom stereocenters. The summed E-state index contributed by atoms with van der Waals surface area (Å²) in [6.45, 7) is 0. The SMILES string of the molecule is CN(C)c1cc[n+](C(=N)N(S(=O)(=O)c2ccc(Cl)cc2)S(=O)(=O)c2ccc(Cl)cc2S)cc1. The molecule has 3 rings (SSSR count). The van der Waals surface area contributed by atoms with Crippen molar-refractivity contribution in [2.45, 2.75) is 14.7 Å². The van der Waals surface area contributed by atoms with Crippen molar-refractivity contribution < 1.29 is 21.4 Å². The van der Waals surface area contributed by atoms with Crippen LogP contribution in [0.1, 0.15) is 0 Å². The normalized spacial score (nSPS) is 11.8. The summed E-state index contributed by atoms with van der Waals surface area (Å²) in [6, 6.07) is 11.9. The second-order valence-corrected chi connectivity index (χ2v) is 12.1. The van der Waals surface area contributed by atoms with Crippen LogP contribution in [-0.4, -0.2) is 40.6 Å². The van der Waals surface area contributed by atoms with Gasteiger partial charge in [-0.25, -0.2) is 4.57 Å². The molecule has 0 aliphatic carbocycles. The summed E-state index contributed by atoms with van der Waals surface area (Å²) >= 11 is 15.9. The highest BCUT2D eigenvalue weighted by atomic mass is 35.5. The number of nitrogens with one attached hydrogen (secondary N) is 1. The highest BCUT2D eigenvalue weighted by Crippen LogP contribution is 2.30. The van der Waals surface area contributed by atoms with Crippen LogP contribution in [0.4, 0.5) is 5.69 Å². The minimum atomic E-state index is -4.82. The lowest BCUT2D eigenvalue weighted by Crippen LogP contribution is -2.56. The molecule has 1 heterocycles. The van der Waals surface area contributed by atoms with E-state index in [1.807, 2.05) is 14.1 Å².